The molecule has 6 heteroatoms. The zero-order valence-electron chi connectivity index (χ0n) is 20.7. The predicted octanol–water partition coefficient (Wildman–Crippen LogP) is 5.40. The van der Waals surface area contributed by atoms with E-state index in [1.165, 1.54) is 0 Å². The van der Waals surface area contributed by atoms with Crippen LogP contribution in [0.3, 0.4) is 0 Å². The predicted molar refractivity (Wildman–Crippen MR) is 133 cm³/mol. The first-order chi connectivity index (χ1) is 14.1. The van der Waals surface area contributed by atoms with Gasteiger partial charge < -0.3 is 19.0 Å². The molecule has 0 bridgehead atoms. The van der Waals surface area contributed by atoms with Crippen molar-refractivity contribution in [1.29, 1.82) is 0 Å². The number of hydrogen-bond acceptors (Lipinski definition) is 4. The van der Waals surface area contributed by atoms with Crippen LogP contribution in [0.15, 0.2) is 36.9 Å². The maximum Gasteiger partial charge on any atom is 0.192 e. The summed E-state index contributed by atoms with van der Waals surface area (Å²) in [7, 11) is -2.17. The molecule has 1 aliphatic carbocycles. The van der Waals surface area contributed by atoms with Crippen LogP contribution in [-0.4, -0.2) is 46.4 Å². The number of methoxy groups -OCH3 is 1. The van der Waals surface area contributed by atoms with Crippen molar-refractivity contribution in [3.63, 3.8) is 0 Å². The van der Waals surface area contributed by atoms with Gasteiger partial charge in [-0.15, -0.1) is 12.1 Å². The van der Waals surface area contributed by atoms with E-state index < -0.39 is 28.1 Å². The maximum atomic E-state index is 11.6. The van der Waals surface area contributed by atoms with Crippen molar-refractivity contribution in [3.05, 3.63) is 42.5 Å². The summed E-state index contributed by atoms with van der Waals surface area (Å²) in [6.07, 6.45) is 0.969. The van der Waals surface area contributed by atoms with Gasteiger partial charge in [0.2, 0.25) is 0 Å². The summed E-state index contributed by atoms with van der Waals surface area (Å²) in [5, 5.41) is 11.6. The minimum Gasteiger partial charge on any atom is -0.497 e. The lowest BCUT2D eigenvalue weighted by Gasteiger charge is -2.56. The molecule has 172 valence electrons. The third-order valence-corrected chi connectivity index (χ3v) is 11.6. The normalized spacial score (nSPS) is 26.5. The summed E-state index contributed by atoms with van der Waals surface area (Å²) < 4.78 is 18.2. The second-order valence-electron chi connectivity index (χ2n) is 11.0. The SMILES string of the molecule is C=C[C@@H]1[C@@H](OCc2ccc(OC)cc2)[C@@H](O[Si](C)(C)C(C)(C)C)[C@]1(O)C#C[Si](C)(C)C. The first kappa shape index (κ1) is 25.9. The molecular formula is C25H40O4Si2. The van der Waals surface area contributed by atoms with Crippen molar-refractivity contribution in [2.45, 2.75) is 83.0 Å². The van der Waals surface area contributed by atoms with Gasteiger partial charge in [0.25, 0.3) is 0 Å². The van der Waals surface area contributed by atoms with E-state index in [1.807, 2.05) is 24.3 Å². The van der Waals surface area contributed by atoms with Crippen LogP contribution in [0.2, 0.25) is 37.8 Å². The molecule has 1 saturated carbocycles. The third-order valence-electron chi connectivity index (χ3n) is 6.32. The van der Waals surface area contributed by atoms with Crippen LogP contribution in [0.1, 0.15) is 26.3 Å². The summed E-state index contributed by atoms with van der Waals surface area (Å²) >= 11 is 0. The lowest BCUT2D eigenvalue weighted by molar-refractivity contribution is -0.230. The van der Waals surface area contributed by atoms with Gasteiger partial charge in [0, 0.05) is 5.92 Å². The molecule has 0 amide bonds. The maximum absolute atomic E-state index is 11.6. The fraction of sp³-hybridized carbons (Fsp3) is 0.600. The van der Waals surface area contributed by atoms with Crippen molar-refractivity contribution >= 4 is 16.4 Å². The van der Waals surface area contributed by atoms with Crippen molar-refractivity contribution in [1.82, 2.24) is 0 Å². The minimum absolute atomic E-state index is 0.0138. The Morgan fingerprint density at radius 1 is 1.13 bits per heavy atom. The Hall–Kier alpha value is -1.37. The average molecular weight is 461 g/mol. The number of hydrogen-bond donors (Lipinski definition) is 1. The highest BCUT2D eigenvalue weighted by Gasteiger charge is 2.63. The highest BCUT2D eigenvalue weighted by molar-refractivity contribution is 6.83. The molecule has 1 N–H and O–H groups in total. The van der Waals surface area contributed by atoms with Crippen LogP contribution in [-0.2, 0) is 15.8 Å². The highest BCUT2D eigenvalue weighted by atomic mass is 28.4. The molecule has 0 radical (unpaired) electrons. The second-order valence-corrected chi connectivity index (χ2v) is 20.5. The molecule has 0 spiro atoms. The van der Waals surface area contributed by atoms with Crippen molar-refractivity contribution in [2.75, 3.05) is 7.11 Å². The number of rotatable bonds is 7. The molecule has 1 fully saturated rings. The molecule has 1 aliphatic rings. The van der Waals surface area contributed by atoms with E-state index in [0.717, 1.165) is 11.3 Å². The molecule has 4 nitrogen and oxygen atoms in total. The zero-order valence-corrected chi connectivity index (χ0v) is 22.7. The van der Waals surface area contributed by atoms with Crippen molar-refractivity contribution < 1.29 is 19.0 Å². The second kappa shape index (κ2) is 9.24. The molecule has 0 unspecified atom stereocenters. The molecule has 1 aromatic carbocycles. The molecule has 0 aliphatic heterocycles. The van der Waals surface area contributed by atoms with Gasteiger partial charge >= 0.3 is 0 Å². The van der Waals surface area contributed by atoms with Crippen LogP contribution < -0.4 is 4.74 Å². The van der Waals surface area contributed by atoms with Gasteiger partial charge in [0.05, 0.1) is 19.8 Å². The lowest BCUT2D eigenvalue weighted by atomic mass is 9.64. The molecule has 0 heterocycles. The van der Waals surface area contributed by atoms with Crippen LogP contribution in [0.4, 0.5) is 0 Å². The van der Waals surface area contributed by atoms with E-state index >= 15 is 0 Å². The van der Waals surface area contributed by atoms with Gasteiger partial charge in [0.15, 0.2) is 13.9 Å². The van der Waals surface area contributed by atoms with E-state index in [0.29, 0.717) is 6.61 Å². The van der Waals surface area contributed by atoms with Crippen LogP contribution >= 0.6 is 0 Å². The van der Waals surface area contributed by atoms with Gasteiger partial charge in [-0.2, -0.15) is 0 Å². The Labute approximate surface area is 191 Å². The average Bonchev–Trinajstić information content (AvgIpc) is 2.66. The van der Waals surface area contributed by atoms with E-state index in [2.05, 4.69) is 71.5 Å². The summed E-state index contributed by atoms with van der Waals surface area (Å²) in [6.45, 7) is 21.9. The fourth-order valence-corrected chi connectivity index (χ4v) is 5.15. The van der Waals surface area contributed by atoms with Crippen molar-refractivity contribution in [3.8, 4) is 17.2 Å². The zero-order chi connectivity index (χ0) is 23.7. The first-order valence-corrected chi connectivity index (χ1v) is 17.4. The Morgan fingerprint density at radius 2 is 1.71 bits per heavy atom. The molecule has 4 atom stereocenters. The summed E-state index contributed by atoms with van der Waals surface area (Å²) in [5.41, 5.74) is 3.11. The Bertz CT molecular complexity index is 824. The first-order valence-electron chi connectivity index (χ1n) is 11.0. The van der Waals surface area contributed by atoms with Crippen LogP contribution in [0.5, 0.6) is 5.75 Å². The van der Waals surface area contributed by atoms with Crippen LogP contribution in [0, 0.1) is 17.4 Å². The standard InChI is InChI=1S/C25H40O4Si2/c1-11-21-22(28-18-19-12-14-20(27-5)15-13-19)23(29-31(9,10)24(2,3)4)25(21,26)16-17-30(6,7)8/h11-15,21-23,26H,1,18H2,2-10H3/t21-,22-,23-,25+/m1/s1. The topological polar surface area (TPSA) is 47.9 Å². The monoisotopic (exact) mass is 460 g/mol. The van der Waals surface area contributed by atoms with Gasteiger partial charge in [-0.25, -0.2) is 0 Å². The van der Waals surface area contributed by atoms with E-state index in [1.54, 1.807) is 13.2 Å². The van der Waals surface area contributed by atoms with Crippen molar-refractivity contribution in [2.24, 2.45) is 5.92 Å². The summed E-state index contributed by atoms with van der Waals surface area (Å²) in [5.74, 6) is 3.71. The Kier molecular flexibility index (Phi) is 7.72. The van der Waals surface area contributed by atoms with Crippen LogP contribution in [0.25, 0.3) is 0 Å². The van der Waals surface area contributed by atoms with Gasteiger partial charge in [-0.1, -0.05) is 64.5 Å². The molecule has 0 saturated heterocycles. The van der Waals surface area contributed by atoms with E-state index in [-0.39, 0.29) is 17.1 Å². The summed E-state index contributed by atoms with van der Waals surface area (Å²) in [6, 6.07) is 7.82. The van der Waals surface area contributed by atoms with Gasteiger partial charge in [-0.3, -0.25) is 0 Å². The third kappa shape index (κ3) is 5.91. The van der Waals surface area contributed by atoms with Gasteiger partial charge in [-0.05, 0) is 35.8 Å². The molecule has 31 heavy (non-hydrogen) atoms. The summed E-state index contributed by atoms with van der Waals surface area (Å²) in [4.78, 5) is 0. The smallest absolute Gasteiger partial charge is 0.192 e. The van der Waals surface area contributed by atoms with Gasteiger partial charge in [0.1, 0.15) is 19.9 Å². The van der Waals surface area contributed by atoms with E-state index in [4.69, 9.17) is 13.9 Å². The number of ether oxygens (including phenoxy) is 2. The largest absolute Gasteiger partial charge is 0.497 e. The number of benzene rings is 1. The number of aliphatic hydroxyl groups is 1. The quantitative estimate of drug-likeness (QED) is 0.336. The molecule has 1 aromatic rings. The molecular weight excluding hydrogens is 420 g/mol. The fourth-order valence-electron chi connectivity index (χ4n) is 3.27. The molecule has 2 rings (SSSR count). The van der Waals surface area contributed by atoms with E-state index in [9.17, 15) is 5.11 Å². The Balaban J connectivity index is 2.32. The Morgan fingerprint density at radius 3 is 2.16 bits per heavy atom. The lowest BCUT2D eigenvalue weighted by Crippen LogP contribution is -2.72. The minimum atomic E-state index is -2.15. The highest BCUT2D eigenvalue weighted by Crippen LogP contribution is 2.48. The molecule has 0 aromatic heterocycles.